The van der Waals surface area contributed by atoms with Gasteiger partial charge in [0.15, 0.2) is 9.84 Å². The van der Waals surface area contributed by atoms with Crippen LogP contribution in [-0.4, -0.2) is 67.2 Å². The van der Waals surface area contributed by atoms with Gasteiger partial charge in [0.25, 0.3) is 11.5 Å². The zero-order valence-electron chi connectivity index (χ0n) is 11.1. The Hall–Kier alpha value is -1.61. The number of carbonyl (C=O) groups is 1. The van der Waals surface area contributed by atoms with Crippen molar-refractivity contribution >= 4 is 15.7 Å². The highest BCUT2D eigenvalue weighted by atomic mass is 32.2. The number of ether oxygens (including phenoxy) is 1. The fourth-order valence-electron chi connectivity index (χ4n) is 2.26. The Kier molecular flexibility index (Phi) is 4.29. The van der Waals surface area contributed by atoms with Crippen molar-refractivity contribution in [2.24, 2.45) is 0 Å². The molecular weight excluding hydrogens is 286 g/mol. The van der Waals surface area contributed by atoms with Gasteiger partial charge in [-0.25, -0.2) is 8.42 Å². The van der Waals surface area contributed by atoms with Crippen molar-refractivity contribution in [2.45, 2.75) is 12.5 Å². The highest BCUT2D eigenvalue weighted by molar-refractivity contribution is 7.91. The molecule has 2 N–H and O–H groups in total. The third-order valence-electron chi connectivity index (χ3n) is 3.27. The zero-order chi connectivity index (χ0) is 14.8. The molecule has 1 aliphatic rings. The summed E-state index contributed by atoms with van der Waals surface area (Å²) in [6.45, 7) is 0.583. The second-order valence-electron chi connectivity index (χ2n) is 4.72. The Bertz CT molecular complexity index is 632. The van der Waals surface area contributed by atoms with Gasteiger partial charge < -0.3 is 9.64 Å². The molecule has 1 amide bonds. The predicted molar refractivity (Wildman–Crippen MR) is 71.4 cm³/mol. The lowest BCUT2D eigenvalue weighted by Crippen LogP contribution is -2.43. The van der Waals surface area contributed by atoms with Crippen LogP contribution >= 0.6 is 0 Å². The first-order chi connectivity index (χ1) is 9.43. The molecule has 112 valence electrons. The monoisotopic (exact) mass is 303 g/mol. The number of hydrogen-bond donors (Lipinski definition) is 2. The van der Waals surface area contributed by atoms with Gasteiger partial charge in [0.1, 0.15) is 5.69 Å². The fourth-order valence-corrected chi connectivity index (χ4v) is 3.99. The van der Waals surface area contributed by atoms with E-state index in [1.54, 1.807) is 0 Å². The predicted octanol–water partition coefficient (Wildman–Crippen LogP) is -1.02. The molecule has 2 rings (SSSR count). The second kappa shape index (κ2) is 5.80. The number of nitrogens with one attached hydrogen (secondary N) is 2. The number of sulfone groups is 1. The van der Waals surface area contributed by atoms with Gasteiger partial charge in [0, 0.05) is 25.8 Å². The van der Waals surface area contributed by atoms with Crippen LogP contribution in [0.15, 0.2) is 10.9 Å². The minimum atomic E-state index is -3.09. The average Bonchev–Trinajstić information content (AvgIpc) is 2.96. The van der Waals surface area contributed by atoms with E-state index in [-0.39, 0.29) is 29.8 Å². The van der Waals surface area contributed by atoms with Gasteiger partial charge in [-0.2, -0.15) is 0 Å². The Morgan fingerprint density at radius 3 is 2.75 bits per heavy atom. The van der Waals surface area contributed by atoms with E-state index in [1.165, 1.54) is 12.0 Å². The molecule has 20 heavy (non-hydrogen) atoms. The second-order valence-corrected chi connectivity index (χ2v) is 6.95. The van der Waals surface area contributed by atoms with E-state index in [1.807, 2.05) is 0 Å². The van der Waals surface area contributed by atoms with Crippen LogP contribution in [-0.2, 0) is 14.6 Å². The van der Waals surface area contributed by atoms with Gasteiger partial charge >= 0.3 is 0 Å². The zero-order valence-corrected chi connectivity index (χ0v) is 11.9. The number of rotatable bonds is 5. The molecule has 1 fully saturated rings. The number of carbonyl (C=O) groups excluding carboxylic acids is 1. The van der Waals surface area contributed by atoms with Gasteiger partial charge in [-0.3, -0.25) is 19.8 Å². The molecule has 8 nitrogen and oxygen atoms in total. The van der Waals surface area contributed by atoms with Crippen LogP contribution in [0.2, 0.25) is 0 Å². The minimum Gasteiger partial charge on any atom is -0.383 e. The first-order valence-electron chi connectivity index (χ1n) is 6.21. The summed E-state index contributed by atoms with van der Waals surface area (Å²) in [5, 5.41) is 4.78. The number of aromatic nitrogens is 2. The average molecular weight is 303 g/mol. The van der Waals surface area contributed by atoms with Crippen LogP contribution in [0, 0.1) is 0 Å². The summed E-state index contributed by atoms with van der Waals surface area (Å²) >= 11 is 0. The molecule has 0 aliphatic carbocycles. The molecule has 1 saturated heterocycles. The molecule has 9 heteroatoms. The summed E-state index contributed by atoms with van der Waals surface area (Å²) in [4.78, 5) is 24.9. The van der Waals surface area contributed by atoms with E-state index in [0.29, 0.717) is 13.0 Å². The highest BCUT2D eigenvalue weighted by Gasteiger charge is 2.35. The van der Waals surface area contributed by atoms with Gasteiger partial charge in [0.05, 0.1) is 18.1 Å². The standard InChI is InChI=1S/C11H17N3O5S/c1-19-4-3-14(8-2-5-20(17,18)7-8)11(16)9-6-10(15)13-12-9/h6,8H,2-5,7H2,1H3,(H2,12,13,15). The normalized spacial score (nSPS) is 20.9. The van der Waals surface area contributed by atoms with Crippen LogP contribution in [0.5, 0.6) is 0 Å². The van der Waals surface area contributed by atoms with Crippen LogP contribution in [0.3, 0.4) is 0 Å². The summed E-state index contributed by atoms with van der Waals surface area (Å²) in [6, 6.07) is 0.784. The molecule has 0 saturated carbocycles. The van der Waals surface area contributed by atoms with Gasteiger partial charge in [0.2, 0.25) is 0 Å². The van der Waals surface area contributed by atoms with Gasteiger partial charge in [-0.15, -0.1) is 0 Å². The van der Waals surface area contributed by atoms with E-state index in [4.69, 9.17) is 4.74 Å². The summed E-state index contributed by atoms with van der Waals surface area (Å²) in [5.74, 6) is -0.364. The Labute approximate surface area is 116 Å². The minimum absolute atomic E-state index is 0.0445. The summed E-state index contributed by atoms with van der Waals surface area (Å²) in [7, 11) is -1.58. The van der Waals surface area contributed by atoms with E-state index in [0.717, 1.165) is 6.07 Å². The number of amides is 1. The molecule has 1 aromatic rings. The maximum absolute atomic E-state index is 12.3. The van der Waals surface area contributed by atoms with Crippen LogP contribution < -0.4 is 5.56 Å². The summed E-state index contributed by atoms with van der Waals surface area (Å²) in [5.41, 5.74) is -0.283. The van der Waals surface area contributed by atoms with E-state index < -0.39 is 21.3 Å². The Morgan fingerprint density at radius 1 is 1.50 bits per heavy atom. The van der Waals surface area contributed by atoms with Gasteiger partial charge in [-0.05, 0) is 6.42 Å². The highest BCUT2D eigenvalue weighted by Crippen LogP contribution is 2.19. The van der Waals surface area contributed by atoms with Crippen molar-refractivity contribution in [3.05, 3.63) is 22.1 Å². The van der Waals surface area contributed by atoms with Gasteiger partial charge in [-0.1, -0.05) is 0 Å². The lowest BCUT2D eigenvalue weighted by Gasteiger charge is -2.27. The molecule has 1 aliphatic heterocycles. The number of aromatic amines is 2. The van der Waals surface area contributed by atoms with Crippen LogP contribution in [0.4, 0.5) is 0 Å². The number of methoxy groups -OCH3 is 1. The smallest absolute Gasteiger partial charge is 0.272 e. The van der Waals surface area contributed by atoms with Crippen molar-refractivity contribution in [3.63, 3.8) is 0 Å². The maximum atomic E-state index is 12.3. The molecule has 2 heterocycles. The quantitative estimate of drug-likeness (QED) is 0.723. The van der Waals surface area contributed by atoms with Crippen molar-refractivity contribution in [3.8, 4) is 0 Å². The van der Waals surface area contributed by atoms with Crippen molar-refractivity contribution in [1.82, 2.24) is 15.1 Å². The first kappa shape index (κ1) is 14.8. The molecular formula is C11H17N3O5S. The molecule has 1 atom stereocenters. The first-order valence-corrected chi connectivity index (χ1v) is 8.03. The summed E-state index contributed by atoms with van der Waals surface area (Å²) in [6.07, 6.45) is 0.409. The van der Waals surface area contributed by atoms with Crippen LogP contribution in [0.1, 0.15) is 16.9 Å². The largest absolute Gasteiger partial charge is 0.383 e. The Morgan fingerprint density at radius 2 is 2.25 bits per heavy atom. The number of H-pyrrole nitrogens is 2. The molecule has 0 aromatic carbocycles. The summed E-state index contributed by atoms with van der Waals surface area (Å²) < 4.78 is 28.1. The SMILES string of the molecule is COCCN(C(=O)c1cc(=O)[nH][nH]1)C1CCS(=O)(=O)C1. The molecule has 0 spiro atoms. The lowest BCUT2D eigenvalue weighted by molar-refractivity contribution is 0.0618. The number of hydrogen-bond acceptors (Lipinski definition) is 5. The lowest BCUT2D eigenvalue weighted by atomic mass is 10.2. The van der Waals surface area contributed by atoms with Crippen LogP contribution in [0.25, 0.3) is 0 Å². The number of nitrogens with zero attached hydrogens (tertiary/aromatic N) is 1. The molecule has 1 aromatic heterocycles. The maximum Gasteiger partial charge on any atom is 0.272 e. The molecule has 0 radical (unpaired) electrons. The Balaban J connectivity index is 2.19. The third kappa shape index (κ3) is 3.28. The van der Waals surface area contributed by atoms with Crippen molar-refractivity contribution in [1.29, 1.82) is 0 Å². The van der Waals surface area contributed by atoms with E-state index in [2.05, 4.69) is 10.2 Å². The third-order valence-corrected chi connectivity index (χ3v) is 5.02. The van der Waals surface area contributed by atoms with Crippen molar-refractivity contribution < 1.29 is 17.9 Å². The molecule has 0 bridgehead atoms. The van der Waals surface area contributed by atoms with Crippen molar-refractivity contribution in [2.75, 3.05) is 31.8 Å². The topological polar surface area (TPSA) is 112 Å². The molecule has 1 unspecified atom stereocenters. The van der Waals surface area contributed by atoms with E-state index in [9.17, 15) is 18.0 Å². The van der Waals surface area contributed by atoms with E-state index >= 15 is 0 Å². The fraction of sp³-hybridized carbons (Fsp3) is 0.636.